The molecule has 0 bridgehead atoms. The molecule has 0 spiro atoms. The van der Waals surface area contributed by atoms with Crippen molar-refractivity contribution in [2.24, 2.45) is 9.98 Å². The van der Waals surface area contributed by atoms with Gasteiger partial charge in [0.25, 0.3) is 0 Å². The number of rotatable bonds is 4. The van der Waals surface area contributed by atoms with Gasteiger partial charge < -0.3 is 15.1 Å². The Hall–Kier alpha value is -5.17. The largest absolute Gasteiger partial charge is 0.378 e. The minimum absolute atomic E-state index is 0.155. The molecule has 4 aromatic carbocycles. The molecule has 2 aliphatic rings. The molecule has 41 heavy (non-hydrogen) atoms. The molecule has 202 valence electrons. The van der Waals surface area contributed by atoms with Gasteiger partial charge in [0.05, 0.1) is 28.8 Å². The highest BCUT2D eigenvalue weighted by molar-refractivity contribution is 6.51. The van der Waals surface area contributed by atoms with Crippen LogP contribution in [0.3, 0.4) is 0 Å². The molecule has 3 heterocycles. The van der Waals surface area contributed by atoms with Crippen molar-refractivity contribution in [2.45, 2.75) is 19.9 Å². The van der Waals surface area contributed by atoms with E-state index in [1.165, 1.54) is 5.56 Å². The summed E-state index contributed by atoms with van der Waals surface area (Å²) in [6.45, 7) is 4.17. The van der Waals surface area contributed by atoms with Gasteiger partial charge in [0.1, 0.15) is 0 Å². The second kappa shape index (κ2) is 9.78. The molecule has 1 unspecified atom stereocenters. The number of benzene rings is 4. The fraction of sp³-hybridized carbons (Fsp3) is 0.147. The van der Waals surface area contributed by atoms with Gasteiger partial charge >= 0.3 is 0 Å². The van der Waals surface area contributed by atoms with Gasteiger partial charge in [-0.25, -0.2) is 14.7 Å². The Kier molecular flexibility index (Phi) is 5.93. The van der Waals surface area contributed by atoms with Crippen LogP contribution in [0.5, 0.6) is 0 Å². The van der Waals surface area contributed by atoms with Crippen LogP contribution in [0, 0.1) is 13.8 Å². The highest BCUT2D eigenvalue weighted by atomic mass is 15.4. The van der Waals surface area contributed by atoms with E-state index in [9.17, 15) is 0 Å². The number of aliphatic imine (C=N–C) groups is 2. The summed E-state index contributed by atoms with van der Waals surface area (Å²) < 4.78 is 1.96. The predicted molar refractivity (Wildman–Crippen MR) is 169 cm³/mol. The first-order valence-electron chi connectivity index (χ1n) is 13.8. The maximum absolute atomic E-state index is 5.32. The number of hydrogen-bond acceptors (Lipinski definition) is 6. The van der Waals surface area contributed by atoms with E-state index in [1.54, 1.807) is 0 Å². The van der Waals surface area contributed by atoms with Crippen molar-refractivity contribution < 1.29 is 0 Å². The Morgan fingerprint density at radius 1 is 0.756 bits per heavy atom. The molecular weight excluding hydrogens is 506 g/mol. The topological polar surface area (TPSA) is 61.1 Å². The summed E-state index contributed by atoms with van der Waals surface area (Å²) in [5, 5.41) is 8.61. The summed E-state index contributed by atoms with van der Waals surface area (Å²) >= 11 is 0. The normalized spacial score (nSPS) is 15.3. The molecule has 0 amide bonds. The third kappa shape index (κ3) is 4.26. The molecule has 7 heteroatoms. The van der Waals surface area contributed by atoms with Gasteiger partial charge in [-0.1, -0.05) is 60.2 Å². The quantitative estimate of drug-likeness (QED) is 0.260. The minimum atomic E-state index is -0.155. The summed E-state index contributed by atoms with van der Waals surface area (Å²) in [4.78, 5) is 14.8. The van der Waals surface area contributed by atoms with Gasteiger partial charge in [0.15, 0.2) is 17.5 Å². The van der Waals surface area contributed by atoms with Gasteiger partial charge in [-0.15, -0.1) is 0 Å². The first kappa shape index (κ1) is 24.8. The fourth-order valence-corrected chi connectivity index (χ4v) is 5.59. The number of para-hydroxylation sites is 3. The lowest BCUT2D eigenvalue weighted by Gasteiger charge is -2.40. The zero-order valence-electron chi connectivity index (χ0n) is 23.6. The van der Waals surface area contributed by atoms with Crippen molar-refractivity contribution >= 4 is 40.2 Å². The summed E-state index contributed by atoms with van der Waals surface area (Å²) in [7, 11) is 4.12. The molecular formula is C34H31N7. The lowest BCUT2D eigenvalue weighted by atomic mass is 9.93. The standard InChI is InChI=1S/C34H31N7/c1-22-14-18-25(19-15-22)35-32-34-37-33-30(23(2)38-41(33)27-10-6-5-7-11-27)31(24-16-20-26(21-17-24)39(3)4)40(34)29-13-9-8-12-28(29)36-32/h5-21,31H,1-4H3,(H,35,36). The SMILES string of the molecule is Cc1ccc(NC2=Nc3ccccc3N3C2=Nc2c(c(C)nn2-c2ccccc2)C3c2ccc(N(C)C)cc2)cc1. The number of nitrogens with zero attached hydrogens (tertiary/aromatic N) is 6. The Labute approximate surface area is 240 Å². The summed E-state index contributed by atoms with van der Waals surface area (Å²) in [5.41, 5.74) is 9.38. The second-order valence-electron chi connectivity index (χ2n) is 10.7. The molecule has 1 atom stereocenters. The van der Waals surface area contributed by atoms with Crippen LogP contribution in [0.15, 0.2) is 113 Å². The van der Waals surface area contributed by atoms with Gasteiger partial charge in [0.2, 0.25) is 0 Å². The maximum atomic E-state index is 5.32. The van der Waals surface area contributed by atoms with Crippen LogP contribution in [0.1, 0.15) is 28.4 Å². The highest BCUT2D eigenvalue weighted by Gasteiger charge is 2.41. The number of nitrogens with one attached hydrogen (secondary N) is 1. The number of aromatic nitrogens is 2. The van der Waals surface area contributed by atoms with E-state index in [-0.39, 0.29) is 6.04 Å². The van der Waals surface area contributed by atoms with Gasteiger partial charge in [-0.05, 0) is 67.9 Å². The van der Waals surface area contributed by atoms with Crippen LogP contribution in [-0.4, -0.2) is 35.5 Å². The summed E-state index contributed by atoms with van der Waals surface area (Å²) in [5.74, 6) is 2.28. The summed E-state index contributed by atoms with van der Waals surface area (Å²) in [6.07, 6.45) is 0. The van der Waals surface area contributed by atoms with E-state index < -0.39 is 0 Å². The van der Waals surface area contributed by atoms with Crippen LogP contribution in [0.2, 0.25) is 0 Å². The molecule has 7 nitrogen and oxygen atoms in total. The molecule has 0 saturated carbocycles. The number of anilines is 3. The Morgan fingerprint density at radius 3 is 2.20 bits per heavy atom. The summed E-state index contributed by atoms with van der Waals surface area (Å²) in [6, 6.07) is 35.5. The number of amidine groups is 2. The van der Waals surface area contributed by atoms with Crippen molar-refractivity contribution in [1.29, 1.82) is 0 Å². The first-order chi connectivity index (χ1) is 20.0. The smallest absolute Gasteiger partial charge is 0.179 e. The molecule has 0 radical (unpaired) electrons. The molecule has 7 rings (SSSR count). The Bertz CT molecular complexity index is 1800. The zero-order valence-corrected chi connectivity index (χ0v) is 23.6. The van der Waals surface area contributed by atoms with Crippen LogP contribution in [0.4, 0.5) is 28.6 Å². The lowest BCUT2D eigenvalue weighted by Crippen LogP contribution is -2.46. The monoisotopic (exact) mass is 537 g/mol. The van der Waals surface area contributed by atoms with Gasteiger partial charge in [-0.2, -0.15) is 5.10 Å². The molecule has 2 aliphatic heterocycles. The molecule has 5 aromatic rings. The van der Waals surface area contributed by atoms with Crippen LogP contribution in [0.25, 0.3) is 5.69 Å². The van der Waals surface area contributed by atoms with Gasteiger partial charge in [0, 0.05) is 31.0 Å². The van der Waals surface area contributed by atoms with E-state index >= 15 is 0 Å². The molecule has 1 aromatic heterocycles. The third-order valence-corrected chi connectivity index (χ3v) is 7.68. The van der Waals surface area contributed by atoms with Gasteiger partial charge in [-0.3, -0.25) is 0 Å². The average molecular weight is 538 g/mol. The second-order valence-corrected chi connectivity index (χ2v) is 10.7. The zero-order chi connectivity index (χ0) is 28.1. The third-order valence-electron chi connectivity index (χ3n) is 7.68. The highest BCUT2D eigenvalue weighted by Crippen LogP contribution is 2.48. The van der Waals surface area contributed by atoms with Crippen molar-refractivity contribution in [3.63, 3.8) is 0 Å². The van der Waals surface area contributed by atoms with E-state index in [2.05, 4.69) is 122 Å². The first-order valence-corrected chi connectivity index (χ1v) is 13.8. The minimum Gasteiger partial charge on any atom is -0.378 e. The maximum Gasteiger partial charge on any atom is 0.179 e. The Morgan fingerprint density at radius 2 is 1.46 bits per heavy atom. The molecule has 1 N–H and O–H groups in total. The molecule has 0 aliphatic carbocycles. The fourth-order valence-electron chi connectivity index (χ4n) is 5.59. The predicted octanol–water partition coefficient (Wildman–Crippen LogP) is 7.35. The van der Waals surface area contributed by atoms with Crippen LogP contribution >= 0.6 is 0 Å². The average Bonchev–Trinajstić information content (AvgIpc) is 3.33. The van der Waals surface area contributed by atoms with E-state index in [0.717, 1.165) is 56.9 Å². The molecule has 0 saturated heterocycles. The van der Waals surface area contributed by atoms with Crippen LogP contribution in [-0.2, 0) is 0 Å². The van der Waals surface area contributed by atoms with E-state index in [1.807, 2.05) is 28.9 Å². The van der Waals surface area contributed by atoms with E-state index in [4.69, 9.17) is 15.1 Å². The number of aryl methyl sites for hydroxylation is 2. The van der Waals surface area contributed by atoms with Crippen molar-refractivity contribution in [1.82, 2.24) is 9.78 Å². The lowest BCUT2D eigenvalue weighted by molar-refractivity contribution is 0.815. The van der Waals surface area contributed by atoms with Crippen molar-refractivity contribution in [3.8, 4) is 5.69 Å². The number of hydrogen-bond donors (Lipinski definition) is 1. The van der Waals surface area contributed by atoms with Crippen molar-refractivity contribution in [2.75, 3.05) is 29.2 Å². The van der Waals surface area contributed by atoms with Crippen molar-refractivity contribution in [3.05, 3.63) is 126 Å². The van der Waals surface area contributed by atoms with Crippen LogP contribution < -0.4 is 15.1 Å². The number of fused-ring (bicyclic) bond motifs is 4. The molecule has 0 fully saturated rings. The Balaban J connectivity index is 1.48. The van der Waals surface area contributed by atoms with E-state index in [0.29, 0.717) is 5.84 Å².